The molecule has 1 N–H and O–H groups in total. The van der Waals surface area contributed by atoms with Crippen LogP contribution in [-0.4, -0.2) is 37.5 Å². The van der Waals surface area contributed by atoms with Crippen LogP contribution in [0.3, 0.4) is 0 Å². The van der Waals surface area contributed by atoms with E-state index in [2.05, 4.69) is 5.32 Å². The average Bonchev–Trinajstić information content (AvgIpc) is 2.67. The molecule has 2 rings (SSSR count). The number of alkyl halides is 3. The second-order valence-electron chi connectivity index (χ2n) is 5.98. The minimum atomic E-state index is -4.44. The van der Waals surface area contributed by atoms with Crippen molar-refractivity contribution in [3.05, 3.63) is 54.1 Å². The lowest BCUT2D eigenvalue weighted by molar-refractivity contribution is -0.137. The zero-order valence-corrected chi connectivity index (χ0v) is 17.5. The van der Waals surface area contributed by atoms with Crippen LogP contribution in [0, 0.1) is 0 Å². The van der Waals surface area contributed by atoms with Gasteiger partial charge in [0.2, 0.25) is 15.9 Å². The van der Waals surface area contributed by atoms with Crippen molar-refractivity contribution in [1.82, 2.24) is 4.31 Å². The van der Waals surface area contributed by atoms with E-state index in [1.54, 1.807) is 13.8 Å². The number of hydrogen-bond acceptors (Lipinski definition) is 4. The lowest BCUT2D eigenvalue weighted by atomic mass is 10.2. The highest BCUT2D eigenvalue weighted by Gasteiger charge is 2.30. The summed E-state index contributed by atoms with van der Waals surface area (Å²) >= 11 is 0.981. The smallest absolute Gasteiger partial charge is 0.325 e. The zero-order valence-electron chi connectivity index (χ0n) is 15.9. The molecule has 2 aromatic carbocycles. The summed E-state index contributed by atoms with van der Waals surface area (Å²) in [6.07, 6.45) is -4.44. The third-order valence-corrected chi connectivity index (χ3v) is 7.07. The Balaban J connectivity index is 1.98. The number of amides is 1. The summed E-state index contributed by atoms with van der Waals surface area (Å²) in [5, 5.41) is 2.60. The number of nitrogens with zero attached hydrogens (tertiary/aromatic N) is 1. The van der Waals surface area contributed by atoms with E-state index in [0.29, 0.717) is 23.7 Å². The molecule has 158 valence electrons. The molecule has 29 heavy (non-hydrogen) atoms. The fourth-order valence-electron chi connectivity index (χ4n) is 2.53. The van der Waals surface area contributed by atoms with Crippen molar-refractivity contribution >= 4 is 33.4 Å². The molecule has 0 spiro atoms. The van der Waals surface area contributed by atoms with Gasteiger partial charge in [-0.3, -0.25) is 4.79 Å². The second kappa shape index (κ2) is 9.64. The van der Waals surface area contributed by atoms with Crippen molar-refractivity contribution in [3.8, 4) is 0 Å². The van der Waals surface area contributed by atoms with E-state index >= 15 is 0 Å². The Labute approximate surface area is 172 Å². The van der Waals surface area contributed by atoms with Crippen LogP contribution in [0.4, 0.5) is 18.9 Å². The number of sulfonamides is 1. The molecule has 0 aliphatic carbocycles. The molecule has 0 unspecified atom stereocenters. The first-order valence-corrected chi connectivity index (χ1v) is 11.2. The highest BCUT2D eigenvalue weighted by Crippen LogP contribution is 2.31. The zero-order chi connectivity index (χ0) is 21.7. The predicted molar refractivity (Wildman–Crippen MR) is 107 cm³/mol. The normalized spacial score (nSPS) is 12.2. The molecule has 0 aliphatic heterocycles. The third kappa shape index (κ3) is 6.22. The van der Waals surface area contributed by atoms with E-state index in [9.17, 15) is 26.4 Å². The SMILES string of the molecule is CCN(CC)S(=O)(=O)c1ccc(NC(=O)CSc2cccc(C(F)(F)F)c2)cc1. The quantitative estimate of drug-likeness (QED) is 0.608. The fraction of sp³-hybridized carbons (Fsp3) is 0.316. The summed E-state index contributed by atoms with van der Waals surface area (Å²) in [4.78, 5) is 12.5. The van der Waals surface area contributed by atoms with Gasteiger partial charge in [-0.1, -0.05) is 19.9 Å². The Kier molecular flexibility index (Phi) is 7.73. The Bertz CT molecular complexity index is 942. The van der Waals surface area contributed by atoms with Crippen molar-refractivity contribution in [2.45, 2.75) is 29.8 Å². The minimum Gasteiger partial charge on any atom is -0.325 e. The molecule has 1 amide bonds. The molecule has 0 aliphatic rings. The third-order valence-electron chi connectivity index (χ3n) is 4.01. The van der Waals surface area contributed by atoms with Crippen LogP contribution < -0.4 is 5.32 Å². The van der Waals surface area contributed by atoms with E-state index in [-0.39, 0.29) is 10.6 Å². The molecule has 0 fully saturated rings. The van der Waals surface area contributed by atoms with Gasteiger partial charge in [0.05, 0.1) is 16.2 Å². The Morgan fingerprint density at radius 1 is 1.07 bits per heavy atom. The van der Waals surface area contributed by atoms with Crippen LogP contribution >= 0.6 is 11.8 Å². The molecule has 0 heterocycles. The molecule has 0 saturated heterocycles. The van der Waals surface area contributed by atoms with Gasteiger partial charge in [-0.15, -0.1) is 11.8 Å². The van der Waals surface area contributed by atoms with Crippen LogP contribution in [-0.2, 0) is 21.0 Å². The number of anilines is 1. The maximum absolute atomic E-state index is 12.7. The summed E-state index contributed by atoms with van der Waals surface area (Å²) < 4.78 is 64.4. The van der Waals surface area contributed by atoms with Gasteiger partial charge in [-0.05, 0) is 42.5 Å². The molecular formula is C19H21F3N2O3S2. The Morgan fingerprint density at radius 3 is 2.24 bits per heavy atom. The summed E-state index contributed by atoms with van der Waals surface area (Å²) in [5.74, 6) is -0.493. The van der Waals surface area contributed by atoms with Crippen LogP contribution in [0.25, 0.3) is 0 Å². The van der Waals surface area contributed by atoms with Gasteiger partial charge in [0, 0.05) is 23.7 Å². The van der Waals surface area contributed by atoms with Crippen LogP contribution in [0.1, 0.15) is 19.4 Å². The van der Waals surface area contributed by atoms with E-state index in [0.717, 1.165) is 23.9 Å². The lowest BCUT2D eigenvalue weighted by Crippen LogP contribution is -2.30. The molecule has 0 saturated carbocycles. The summed E-state index contributed by atoms with van der Waals surface area (Å²) in [7, 11) is -3.58. The summed E-state index contributed by atoms with van der Waals surface area (Å²) in [6.45, 7) is 4.20. The van der Waals surface area contributed by atoms with Crippen molar-refractivity contribution in [1.29, 1.82) is 0 Å². The number of carbonyl (C=O) groups excluding carboxylic acids is 1. The van der Waals surface area contributed by atoms with Gasteiger partial charge in [0.1, 0.15) is 0 Å². The van der Waals surface area contributed by atoms with Crippen molar-refractivity contribution in [2.75, 3.05) is 24.2 Å². The molecule has 0 aromatic heterocycles. The first kappa shape index (κ1) is 23.2. The number of thioether (sulfide) groups is 1. The fourth-order valence-corrected chi connectivity index (χ4v) is 4.74. The summed E-state index contributed by atoms with van der Waals surface area (Å²) in [6, 6.07) is 10.5. The maximum atomic E-state index is 12.7. The van der Waals surface area contributed by atoms with Crippen LogP contribution in [0.5, 0.6) is 0 Å². The second-order valence-corrected chi connectivity index (χ2v) is 8.96. The van der Waals surface area contributed by atoms with Gasteiger partial charge in [-0.25, -0.2) is 8.42 Å². The monoisotopic (exact) mass is 446 g/mol. The van der Waals surface area contributed by atoms with Crippen LogP contribution in [0.15, 0.2) is 58.3 Å². The van der Waals surface area contributed by atoms with Gasteiger partial charge >= 0.3 is 6.18 Å². The van der Waals surface area contributed by atoms with E-state index in [1.165, 1.54) is 40.7 Å². The predicted octanol–water partition coefficient (Wildman–Crippen LogP) is 4.47. The van der Waals surface area contributed by atoms with Crippen molar-refractivity contribution < 1.29 is 26.4 Å². The Morgan fingerprint density at radius 2 is 1.69 bits per heavy atom. The van der Waals surface area contributed by atoms with Crippen molar-refractivity contribution in [3.63, 3.8) is 0 Å². The number of benzene rings is 2. The van der Waals surface area contributed by atoms with Gasteiger partial charge in [0.25, 0.3) is 0 Å². The largest absolute Gasteiger partial charge is 0.416 e. The molecule has 0 radical (unpaired) electrons. The highest BCUT2D eigenvalue weighted by molar-refractivity contribution is 8.00. The van der Waals surface area contributed by atoms with Gasteiger partial charge in [0.15, 0.2) is 0 Å². The molecule has 0 bridgehead atoms. The molecule has 5 nitrogen and oxygen atoms in total. The van der Waals surface area contributed by atoms with Crippen molar-refractivity contribution in [2.24, 2.45) is 0 Å². The molecule has 10 heteroatoms. The topological polar surface area (TPSA) is 66.5 Å². The molecular weight excluding hydrogens is 425 g/mol. The Hall–Kier alpha value is -2.04. The van der Waals surface area contributed by atoms with E-state index in [4.69, 9.17) is 0 Å². The number of carbonyl (C=O) groups is 1. The molecule has 2 aromatic rings. The maximum Gasteiger partial charge on any atom is 0.416 e. The highest BCUT2D eigenvalue weighted by atomic mass is 32.2. The van der Waals surface area contributed by atoms with Gasteiger partial charge in [-0.2, -0.15) is 17.5 Å². The number of nitrogens with one attached hydrogen (secondary N) is 1. The average molecular weight is 447 g/mol. The number of hydrogen-bond donors (Lipinski definition) is 1. The van der Waals surface area contributed by atoms with Gasteiger partial charge < -0.3 is 5.32 Å². The van der Waals surface area contributed by atoms with E-state index in [1.807, 2.05) is 0 Å². The van der Waals surface area contributed by atoms with E-state index < -0.39 is 27.7 Å². The first-order chi connectivity index (χ1) is 13.6. The number of rotatable bonds is 8. The standard InChI is InChI=1S/C19H21F3N2O3S2/c1-3-24(4-2)29(26,27)17-10-8-15(9-11-17)23-18(25)13-28-16-7-5-6-14(12-16)19(20,21)22/h5-12H,3-4,13H2,1-2H3,(H,23,25). The molecule has 0 atom stereocenters. The minimum absolute atomic E-state index is 0.0825. The van der Waals surface area contributed by atoms with Crippen LogP contribution in [0.2, 0.25) is 0 Å². The first-order valence-electron chi connectivity index (χ1n) is 8.78. The number of halogens is 3. The summed E-state index contributed by atoms with van der Waals surface area (Å²) in [5.41, 5.74) is -0.369. The lowest BCUT2D eigenvalue weighted by Gasteiger charge is -2.18.